The van der Waals surface area contributed by atoms with Crippen molar-refractivity contribution >= 4 is 17.7 Å². The maximum atomic E-state index is 12.1. The second kappa shape index (κ2) is 8.54. The van der Waals surface area contributed by atoms with E-state index >= 15 is 0 Å². The van der Waals surface area contributed by atoms with Crippen LogP contribution in [-0.2, 0) is 9.53 Å². The van der Waals surface area contributed by atoms with Crippen LogP contribution in [0.15, 0.2) is 60.7 Å². The third-order valence-corrected chi connectivity index (χ3v) is 3.85. The molecule has 0 aliphatic rings. The van der Waals surface area contributed by atoms with E-state index in [0.29, 0.717) is 0 Å². The Morgan fingerprint density at radius 1 is 0.955 bits per heavy atom. The van der Waals surface area contributed by atoms with E-state index in [1.54, 1.807) is 0 Å². The molecule has 2 nitrogen and oxygen atoms in total. The van der Waals surface area contributed by atoms with Crippen molar-refractivity contribution in [1.29, 1.82) is 0 Å². The van der Waals surface area contributed by atoms with Crippen LogP contribution in [0.5, 0.6) is 0 Å². The van der Waals surface area contributed by atoms with E-state index in [9.17, 15) is 13.6 Å². The zero-order valence-corrected chi connectivity index (χ0v) is 12.6. The summed E-state index contributed by atoms with van der Waals surface area (Å²) < 4.78 is 29.7. The molecule has 116 valence electrons. The summed E-state index contributed by atoms with van der Waals surface area (Å²) >= 11 is 0.877. The molecule has 22 heavy (non-hydrogen) atoms. The molecule has 0 aliphatic heterocycles. The molecule has 2 rings (SSSR count). The summed E-state index contributed by atoms with van der Waals surface area (Å²) in [5.74, 6) is -0.944. The molecule has 0 saturated heterocycles. The smallest absolute Gasteiger partial charge is 0.316 e. The highest BCUT2D eigenvalue weighted by Gasteiger charge is 2.19. The minimum Gasteiger partial charge on any atom is -0.452 e. The number of esters is 1. The van der Waals surface area contributed by atoms with Crippen LogP contribution in [0.2, 0.25) is 0 Å². The van der Waals surface area contributed by atoms with E-state index in [1.807, 2.05) is 60.7 Å². The number of ether oxygens (including phenoxy) is 1. The van der Waals surface area contributed by atoms with Gasteiger partial charge in [0.2, 0.25) is 6.43 Å². The molecule has 0 heterocycles. The Morgan fingerprint density at radius 2 is 1.45 bits per heavy atom. The maximum Gasteiger partial charge on any atom is 0.316 e. The number of hydrogen-bond acceptors (Lipinski definition) is 3. The van der Waals surface area contributed by atoms with E-state index in [-0.39, 0.29) is 11.5 Å². The summed E-state index contributed by atoms with van der Waals surface area (Å²) in [4.78, 5) is 11.9. The van der Waals surface area contributed by atoms with Gasteiger partial charge in [-0.3, -0.25) is 4.79 Å². The Hall–Kier alpha value is -1.88. The Morgan fingerprint density at radius 3 is 1.91 bits per heavy atom. The Bertz CT molecular complexity index is 536. The van der Waals surface area contributed by atoms with Gasteiger partial charge < -0.3 is 4.74 Å². The van der Waals surface area contributed by atoms with Gasteiger partial charge in [0.05, 0.1) is 11.5 Å². The SMILES string of the molecule is O=C(CSCC(F)F)OC(c1ccccc1)c1ccccc1. The topological polar surface area (TPSA) is 26.3 Å². The van der Waals surface area contributed by atoms with Gasteiger partial charge in [-0.05, 0) is 11.1 Å². The Kier molecular flexibility index (Phi) is 6.40. The zero-order chi connectivity index (χ0) is 15.8. The molecule has 0 N–H and O–H groups in total. The van der Waals surface area contributed by atoms with Crippen molar-refractivity contribution in [3.8, 4) is 0 Å². The second-order valence-corrected chi connectivity index (χ2v) is 5.63. The highest BCUT2D eigenvalue weighted by molar-refractivity contribution is 7.99. The van der Waals surface area contributed by atoms with E-state index < -0.39 is 18.5 Å². The first-order valence-corrected chi connectivity index (χ1v) is 7.97. The summed E-state index contributed by atoms with van der Waals surface area (Å²) in [6.07, 6.45) is -2.95. The molecule has 5 heteroatoms. The van der Waals surface area contributed by atoms with Gasteiger partial charge in [0, 0.05) is 0 Å². The first-order valence-electron chi connectivity index (χ1n) is 6.82. The summed E-state index contributed by atoms with van der Waals surface area (Å²) in [5, 5.41) is 0. The number of halogens is 2. The number of alkyl halides is 2. The molecular weight excluding hydrogens is 306 g/mol. The van der Waals surface area contributed by atoms with Crippen molar-refractivity contribution in [2.24, 2.45) is 0 Å². The summed E-state index contributed by atoms with van der Waals surface area (Å²) in [5.41, 5.74) is 1.70. The predicted molar refractivity (Wildman–Crippen MR) is 84.1 cm³/mol. The minimum atomic E-state index is -2.42. The number of carbonyl (C=O) groups excluding carboxylic acids is 1. The van der Waals surface area contributed by atoms with E-state index in [0.717, 1.165) is 22.9 Å². The van der Waals surface area contributed by atoms with Gasteiger partial charge in [0.1, 0.15) is 0 Å². The van der Waals surface area contributed by atoms with Crippen molar-refractivity contribution < 1.29 is 18.3 Å². The van der Waals surface area contributed by atoms with Crippen LogP contribution < -0.4 is 0 Å². The lowest BCUT2D eigenvalue weighted by Crippen LogP contribution is -2.15. The largest absolute Gasteiger partial charge is 0.452 e. The van der Waals surface area contributed by atoms with E-state index in [2.05, 4.69) is 0 Å². The van der Waals surface area contributed by atoms with Crippen LogP contribution in [0.3, 0.4) is 0 Å². The average Bonchev–Trinajstić information content (AvgIpc) is 2.54. The molecule has 0 radical (unpaired) electrons. The van der Waals surface area contributed by atoms with Crippen LogP contribution in [0, 0.1) is 0 Å². The monoisotopic (exact) mass is 322 g/mol. The summed E-state index contributed by atoms with van der Waals surface area (Å²) in [7, 11) is 0. The molecule has 0 unspecified atom stereocenters. The highest BCUT2D eigenvalue weighted by Crippen LogP contribution is 2.26. The fraction of sp³-hybridized carbons (Fsp3) is 0.235. The van der Waals surface area contributed by atoms with Gasteiger partial charge in [-0.25, -0.2) is 8.78 Å². The fourth-order valence-corrected chi connectivity index (χ4v) is 2.51. The predicted octanol–water partition coefficient (Wildman–Crippen LogP) is 4.32. The van der Waals surface area contributed by atoms with Gasteiger partial charge in [-0.1, -0.05) is 60.7 Å². The van der Waals surface area contributed by atoms with Crippen LogP contribution in [-0.4, -0.2) is 23.9 Å². The van der Waals surface area contributed by atoms with Gasteiger partial charge in [0.15, 0.2) is 6.10 Å². The minimum absolute atomic E-state index is 0.0828. The number of hydrogen-bond donors (Lipinski definition) is 0. The zero-order valence-electron chi connectivity index (χ0n) is 11.8. The third kappa shape index (κ3) is 5.15. The van der Waals surface area contributed by atoms with Crippen LogP contribution in [0.25, 0.3) is 0 Å². The normalized spacial score (nSPS) is 10.9. The van der Waals surface area contributed by atoms with Crippen molar-refractivity contribution in [2.45, 2.75) is 12.5 Å². The molecule has 2 aromatic rings. The van der Waals surface area contributed by atoms with Crippen LogP contribution >= 0.6 is 11.8 Å². The number of thioether (sulfide) groups is 1. The number of carbonyl (C=O) groups is 1. The number of benzene rings is 2. The van der Waals surface area contributed by atoms with Crippen molar-refractivity contribution in [1.82, 2.24) is 0 Å². The summed E-state index contributed by atoms with van der Waals surface area (Å²) in [6.45, 7) is 0. The highest BCUT2D eigenvalue weighted by atomic mass is 32.2. The third-order valence-electron chi connectivity index (χ3n) is 2.92. The first kappa shape index (κ1) is 16.5. The molecule has 0 fully saturated rings. The first-order chi connectivity index (χ1) is 10.7. The molecule has 0 aliphatic carbocycles. The second-order valence-electron chi connectivity index (χ2n) is 4.60. The standard InChI is InChI=1S/C17H16F2O2S/c18-15(19)11-22-12-16(20)21-17(13-7-3-1-4-8-13)14-9-5-2-6-10-14/h1-10,15,17H,11-12H2. The molecule has 0 aromatic heterocycles. The Labute approximate surface area is 132 Å². The molecular formula is C17H16F2O2S. The molecule has 0 saturated carbocycles. The molecule has 0 atom stereocenters. The van der Waals surface area contributed by atoms with E-state index in [1.165, 1.54) is 0 Å². The van der Waals surface area contributed by atoms with E-state index in [4.69, 9.17) is 4.74 Å². The molecule has 0 bridgehead atoms. The number of rotatable bonds is 7. The fourth-order valence-electron chi connectivity index (χ4n) is 1.98. The lowest BCUT2D eigenvalue weighted by molar-refractivity contribution is -0.144. The van der Waals surface area contributed by atoms with Gasteiger partial charge >= 0.3 is 5.97 Å². The van der Waals surface area contributed by atoms with Crippen molar-refractivity contribution in [3.05, 3.63) is 71.8 Å². The van der Waals surface area contributed by atoms with Gasteiger partial charge in [-0.15, -0.1) is 11.8 Å². The lowest BCUT2D eigenvalue weighted by atomic mass is 10.0. The molecule has 0 spiro atoms. The van der Waals surface area contributed by atoms with Crippen LogP contribution in [0.1, 0.15) is 17.2 Å². The lowest BCUT2D eigenvalue weighted by Gasteiger charge is -2.18. The quantitative estimate of drug-likeness (QED) is 0.710. The molecule has 0 amide bonds. The van der Waals surface area contributed by atoms with Crippen molar-refractivity contribution in [2.75, 3.05) is 11.5 Å². The maximum absolute atomic E-state index is 12.1. The molecule has 2 aromatic carbocycles. The van der Waals surface area contributed by atoms with Crippen molar-refractivity contribution in [3.63, 3.8) is 0 Å². The van der Waals surface area contributed by atoms with Crippen LogP contribution in [0.4, 0.5) is 8.78 Å². The summed E-state index contributed by atoms with van der Waals surface area (Å²) in [6, 6.07) is 18.7. The average molecular weight is 322 g/mol. The van der Waals surface area contributed by atoms with Gasteiger partial charge in [-0.2, -0.15) is 0 Å². The van der Waals surface area contributed by atoms with Gasteiger partial charge in [0.25, 0.3) is 0 Å². The Balaban J connectivity index is 2.08.